The van der Waals surface area contributed by atoms with Crippen LogP contribution < -0.4 is 5.73 Å². The minimum atomic E-state index is -0.0861. The Morgan fingerprint density at radius 1 is 0.941 bits per heavy atom. The number of nitrogen functional groups attached to an aromatic ring is 1. The first-order chi connectivity index (χ1) is 8.20. The van der Waals surface area contributed by atoms with E-state index in [-0.39, 0.29) is 11.6 Å². The van der Waals surface area contributed by atoms with Crippen molar-refractivity contribution in [3.63, 3.8) is 0 Å². The van der Waals surface area contributed by atoms with Gasteiger partial charge in [-0.3, -0.25) is 9.59 Å². The second kappa shape index (κ2) is 3.42. The number of hydrogen-bond acceptors (Lipinski definition) is 3. The predicted molar refractivity (Wildman–Crippen MR) is 64.9 cm³/mol. The van der Waals surface area contributed by atoms with Crippen molar-refractivity contribution in [3.05, 3.63) is 52.6 Å². The molecule has 84 valence electrons. The summed E-state index contributed by atoms with van der Waals surface area (Å²) < 4.78 is 0. The van der Waals surface area contributed by atoms with E-state index in [1.54, 1.807) is 18.2 Å². The van der Waals surface area contributed by atoms with Gasteiger partial charge in [0, 0.05) is 22.4 Å². The molecule has 1 aromatic rings. The van der Waals surface area contributed by atoms with Crippen LogP contribution >= 0.6 is 0 Å². The summed E-state index contributed by atoms with van der Waals surface area (Å²) in [6.07, 6.45) is 4.94. The molecule has 2 N–H and O–H groups in total. The van der Waals surface area contributed by atoms with Crippen molar-refractivity contribution in [2.75, 3.05) is 5.73 Å². The Kier molecular flexibility index (Phi) is 2.01. The smallest absolute Gasteiger partial charge is 0.192 e. The number of allylic oxidation sites excluding steroid dienone is 4. The average Bonchev–Trinajstić information content (AvgIpc) is 2.36. The first kappa shape index (κ1) is 10.0. The van der Waals surface area contributed by atoms with Gasteiger partial charge in [0.15, 0.2) is 11.6 Å². The lowest BCUT2D eigenvalue weighted by molar-refractivity contribution is 0.0971. The van der Waals surface area contributed by atoms with Crippen LogP contribution in [-0.2, 0) is 0 Å². The van der Waals surface area contributed by atoms with Crippen LogP contribution in [0, 0.1) is 0 Å². The van der Waals surface area contributed by atoms with E-state index in [4.69, 9.17) is 5.73 Å². The Labute approximate surface area is 98.6 Å². The number of fused-ring (bicyclic) bond motifs is 1. The highest BCUT2D eigenvalue weighted by Gasteiger charge is 2.32. The van der Waals surface area contributed by atoms with E-state index >= 15 is 0 Å². The lowest BCUT2D eigenvalue weighted by Crippen LogP contribution is -2.24. The molecule has 1 aromatic carbocycles. The fraction of sp³-hybridized carbons (Fsp3) is 0.143. The largest absolute Gasteiger partial charge is 0.398 e. The van der Waals surface area contributed by atoms with E-state index in [1.165, 1.54) is 0 Å². The number of carbonyl (C=O) groups is 2. The Balaban J connectivity index is 2.26. The maximum atomic E-state index is 12.3. The zero-order chi connectivity index (χ0) is 12.0. The van der Waals surface area contributed by atoms with Crippen molar-refractivity contribution in [2.24, 2.45) is 0 Å². The lowest BCUT2D eigenvalue weighted by Gasteiger charge is -2.22. The van der Waals surface area contributed by atoms with Gasteiger partial charge in [0.2, 0.25) is 0 Å². The maximum absolute atomic E-state index is 12.3. The standard InChI is InChI=1S/C14H11NO2/c15-11-7-3-6-10-12(11)14(17)9-5-2-1-4-8(9)13(10)16/h1-3,6-7H,4-5,15H2. The van der Waals surface area contributed by atoms with Gasteiger partial charge in [-0.15, -0.1) is 0 Å². The molecule has 0 heterocycles. The molecule has 0 unspecified atom stereocenters. The van der Waals surface area contributed by atoms with Crippen molar-refractivity contribution in [2.45, 2.75) is 12.8 Å². The highest BCUT2D eigenvalue weighted by Crippen LogP contribution is 2.34. The molecule has 17 heavy (non-hydrogen) atoms. The molecule has 0 aliphatic heterocycles. The molecule has 2 aliphatic carbocycles. The molecule has 0 atom stereocenters. The van der Waals surface area contributed by atoms with Gasteiger partial charge in [-0.25, -0.2) is 0 Å². The topological polar surface area (TPSA) is 60.2 Å². The molecular weight excluding hydrogens is 214 g/mol. The van der Waals surface area contributed by atoms with Crippen molar-refractivity contribution in [1.82, 2.24) is 0 Å². The molecule has 0 saturated carbocycles. The third kappa shape index (κ3) is 1.29. The number of carbonyl (C=O) groups excluding carboxylic acids is 2. The van der Waals surface area contributed by atoms with E-state index in [0.717, 1.165) is 0 Å². The van der Waals surface area contributed by atoms with Gasteiger partial charge < -0.3 is 5.73 Å². The number of anilines is 1. The SMILES string of the molecule is Nc1cccc2c1C(=O)C1=C(CC=CC1)C2=O. The summed E-state index contributed by atoms with van der Waals surface area (Å²) in [6.45, 7) is 0. The van der Waals surface area contributed by atoms with Crippen LogP contribution in [-0.4, -0.2) is 11.6 Å². The summed E-state index contributed by atoms with van der Waals surface area (Å²) in [5, 5.41) is 0. The molecule has 0 saturated heterocycles. The third-order valence-corrected chi connectivity index (χ3v) is 3.29. The Morgan fingerprint density at radius 2 is 1.59 bits per heavy atom. The van der Waals surface area contributed by atoms with Crippen LogP contribution in [0.25, 0.3) is 0 Å². The summed E-state index contributed by atoms with van der Waals surface area (Å²) in [5.41, 5.74) is 8.27. The van der Waals surface area contributed by atoms with Gasteiger partial charge in [-0.1, -0.05) is 24.3 Å². The van der Waals surface area contributed by atoms with Gasteiger partial charge in [0.1, 0.15) is 0 Å². The van der Waals surface area contributed by atoms with Crippen LogP contribution in [0.3, 0.4) is 0 Å². The first-order valence-electron chi connectivity index (χ1n) is 5.55. The van der Waals surface area contributed by atoms with Crippen LogP contribution in [0.15, 0.2) is 41.5 Å². The third-order valence-electron chi connectivity index (χ3n) is 3.29. The van der Waals surface area contributed by atoms with Crippen molar-refractivity contribution in [1.29, 1.82) is 0 Å². The van der Waals surface area contributed by atoms with Gasteiger partial charge in [-0.2, -0.15) is 0 Å². The molecule has 0 bridgehead atoms. The minimum absolute atomic E-state index is 0.0498. The summed E-state index contributed by atoms with van der Waals surface area (Å²) in [7, 11) is 0. The van der Waals surface area contributed by atoms with Gasteiger partial charge in [0.25, 0.3) is 0 Å². The zero-order valence-electron chi connectivity index (χ0n) is 9.19. The first-order valence-corrected chi connectivity index (χ1v) is 5.55. The van der Waals surface area contributed by atoms with Crippen LogP contribution in [0.5, 0.6) is 0 Å². The second-order valence-electron chi connectivity index (χ2n) is 4.26. The number of nitrogens with two attached hydrogens (primary N) is 1. The molecule has 0 amide bonds. The number of Topliss-reactive ketones (excluding diaryl/α,β-unsaturated/α-hetero) is 2. The van der Waals surface area contributed by atoms with E-state index in [2.05, 4.69) is 0 Å². The van der Waals surface area contributed by atoms with Gasteiger partial charge in [-0.05, 0) is 18.9 Å². The van der Waals surface area contributed by atoms with E-state index in [1.807, 2.05) is 12.2 Å². The lowest BCUT2D eigenvalue weighted by atomic mass is 9.79. The summed E-state index contributed by atoms with van der Waals surface area (Å²) in [6, 6.07) is 5.05. The maximum Gasteiger partial charge on any atom is 0.192 e. The van der Waals surface area contributed by atoms with E-state index < -0.39 is 0 Å². The minimum Gasteiger partial charge on any atom is -0.398 e. The summed E-state index contributed by atoms with van der Waals surface area (Å²) >= 11 is 0. The molecule has 3 heteroatoms. The van der Waals surface area contributed by atoms with E-state index in [0.29, 0.717) is 40.8 Å². The zero-order valence-corrected chi connectivity index (χ0v) is 9.19. The highest BCUT2D eigenvalue weighted by molar-refractivity contribution is 6.28. The second-order valence-corrected chi connectivity index (χ2v) is 4.26. The van der Waals surface area contributed by atoms with Crippen LogP contribution in [0.2, 0.25) is 0 Å². The predicted octanol–water partition coefficient (Wildman–Crippen LogP) is 2.29. The number of rotatable bonds is 0. The van der Waals surface area contributed by atoms with Gasteiger partial charge >= 0.3 is 0 Å². The fourth-order valence-corrected chi connectivity index (χ4v) is 2.43. The van der Waals surface area contributed by atoms with Crippen LogP contribution in [0.1, 0.15) is 33.6 Å². The van der Waals surface area contributed by atoms with E-state index in [9.17, 15) is 9.59 Å². The van der Waals surface area contributed by atoms with Crippen LogP contribution in [0.4, 0.5) is 5.69 Å². The number of benzene rings is 1. The molecule has 3 rings (SSSR count). The summed E-state index contributed by atoms with van der Waals surface area (Å²) in [5.74, 6) is -0.136. The Bertz CT molecular complexity index is 609. The Morgan fingerprint density at radius 3 is 2.29 bits per heavy atom. The molecule has 0 aromatic heterocycles. The highest BCUT2D eigenvalue weighted by atomic mass is 16.1. The monoisotopic (exact) mass is 225 g/mol. The number of hydrogen-bond donors (Lipinski definition) is 1. The molecule has 0 spiro atoms. The fourth-order valence-electron chi connectivity index (χ4n) is 2.43. The average molecular weight is 225 g/mol. The normalized spacial score (nSPS) is 18.1. The van der Waals surface area contributed by atoms with Gasteiger partial charge in [0.05, 0.1) is 5.56 Å². The molecular formula is C14H11NO2. The molecule has 3 nitrogen and oxygen atoms in total. The van der Waals surface area contributed by atoms with Crippen molar-refractivity contribution in [3.8, 4) is 0 Å². The summed E-state index contributed by atoms with van der Waals surface area (Å²) in [4.78, 5) is 24.5. The number of ketones is 2. The van der Waals surface area contributed by atoms with Crippen molar-refractivity contribution >= 4 is 17.3 Å². The van der Waals surface area contributed by atoms with Crippen molar-refractivity contribution < 1.29 is 9.59 Å². The quantitative estimate of drug-likeness (QED) is 0.544. The molecule has 2 aliphatic rings. The molecule has 0 fully saturated rings. The Hall–Kier alpha value is -2.16. The molecule has 0 radical (unpaired) electrons.